The summed E-state index contributed by atoms with van der Waals surface area (Å²) in [6, 6.07) is 0. The van der Waals surface area contributed by atoms with E-state index in [9.17, 15) is 4.79 Å². The van der Waals surface area contributed by atoms with Gasteiger partial charge in [0.05, 0.1) is 18.6 Å². The second-order valence-corrected chi connectivity index (χ2v) is 5.50. The third-order valence-corrected chi connectivity index (χ3v) is 3.91. The van der Waals surface area contributed by atoms with Crippen molar-refractivity contribution in [2.45, 2.75) is 52.2 Å². The number of carbonyl (C=O) groups excluding carboxylic acids is 1. The molecule has 1 heterocycles. The van der Waals surface area contributed by atoms with Gasteiger partial charge in [0.15, 0.2) is 0 Å². The molecule has 2 rings (SSSR count). The lowest BCUT2D eigenvalue weighted by Crippen LogP contribution is -2.46. The predicted octanol–water partition coefficient (Wildman–Crippen LogP) is 2.14. The highest BCUT2D eigenvalue weighted by molar-refractivity contribution is 5.76. The Bertz CT molecular complexity index is 280. The molecule has 1 saturated carbocycles. The normalized spacial score (nSPS) is 41.9. The number of carbonyl (C=O) groups is 1. The number of ether oxygens (including phenoxy) is 2. The van der Waals surface area contributed by atoms with Crippen LogP contribution < -0.4 is 0 Å². The van der Waals surface area contributed by atoms with Gasteiger partial charge in [0.1, 0.15) is 5.60 Å². The molecule has 2 fully saturated rings. The summed E-state index contributed by atoms with van der Waals surface area (Å²) >= 11 is 0. The Morgan fingerprint density at radius 3 is 2.73 bits per heavy atom. The fraction of sp³-hybridized carbons (Fsp3) is 0.917. The standard InChI is InChI=1S/C12H20O3/c1-5-14-10(13)9-11(2,3)7-6-8-12(9,4)15-8/h8-9H,5-7H2,1-4H3/t8-,9-,12-/m1/s1. The summed E-state index contributed by atoms with van der Waals surface area (Å²) in [4.78, 5) is 12.0. The van der Waals surface area contributed by atoms with Gasteiger partial charge in [0.25, 0.3) is 0 Å². The summed E-state index contributed by atoms with van der Waals surface area (Å²) in [6.45, 7) is 8.61. The molecule has 1 saturated heterocycles. The molecular formula is C12H20O3. The molecule has 0 radical (unpaired) electrons. The fourth-order valence-electron chi connectivity index (χ4n) is 3.07. The van der Waals surface area contributed by atoms with Crippen LogP contribution in [0.25, 0.3) is 0 Å². The zero-order chi connectivity index (χ0) is 11.3. The molecule has 3 nitrogen and oxygen atoms in total. The second kappa shape index (κ2) is 3.21. The first-order valence-corrected chi connectivity index (χ1v) is 5.76. The van der Waals surface area contributed by atoms with E-state index >= 15 is 0 Å². The van der Waals surface area contributed by atoms with E-state index < -0.39 is 0 Å². The molecule has 0 spiro atoms. The van der Waals surface area contributed by atoms with Crippen molar-refractivity contribution in [2.75, 3.05) is 6.61 Å². The van der Waals surface area contributed by atoms with Gasteiger partial charge in [0.2, 0.25) is 0 Å². The van der Waals surface area contributed by atoms with E-state index in [0.29, 0.717) is 6.61 Å². The van der Waals surface area contributed by atoms with Gasteiger partial charge < -0.3 is 9.47 Å². The summed E-state index contributed by atoms with van der Waals surface area (Å²) in [7, 11) is 0. The van der Waals surface area contributed by atoms with Gasteiger partial charge in [-0.05, 0) is 32.1 Å². The smallest absolute Gasteiger partial charge is 0.312 e. The Balaban J connectivity index is 2.21. The molecule has 0 bridgehead atoms. The maximum atomic E-state index is 12.0. The molecule has 15 heavy (non-hydrogen) atoms. The number of hydrogen-bond acceptors (Lipinski definition) is 3. The van der Waals surface area contributed by atoms with Crippen LogP contribution in [0.5, 0.6) is 0 Å². The zero-order valence-corrected chi connectivity index (χ0v) is 10.0. The lowest BCUT2D eigenvalue weighted by Gasteiger charge is -2.38. The van der Waals surface area contributed by atoms with Crippen molar-refractivity contribution in [1.29, 1.82) is 0 Å². The number of esters is 1. The number of hydrogen-bond donors (Lipinski definition) is 0. The van der Waals surface area contributed by atoms with Crippen LogP contribution in [0.4, 0.5) is 0 Å². The summed E-state index contributed by atoms with van der Waals surface area (Å²) in [5.74, 6) is -0.198. The SMILES string of the molecule is CCOC(=O)[C@@H]1C(C)(C)CC[C@H]2O[C@@]12C. The maximum Gasteiger partial charge on any atom is 0.312 e. The molecule has 1 aliphatic heterocycles. The molecule has 86 valence electrons. The number of rotatable bonds is 2. The molecule has 0 amide bonds. The molecule has 3 atom stereocenters. The second-order valence-electron chi connectivity index (χ2n) is 5.50. The molecule has 0 aromatic rings. The quantitative estimate of drug-likeness (QED) is 0.520. The van der Waals surface area contributed by atoms with Crippen molar-refractivity contribution in [3.8, 4) is 0 Å². The maximum absolute atomic E-state index is 12.0. The van der Waals surface area contributed by atoms with Crippen LogP contribution in [0.3, 0.4) is 0 Å². The highest BCUT2D eigenvalue weighted by atomic mass is 16.6. The van der Waals surface area contributed by atoms with Crippen LogP contribution >= 0.6 is 0 Å². The lowest BCUT2D eigenvalue weighted by atomic mass is 9.64. The van der Waals surface area contributed by atoms with E-state index in [0.717, 1.165) is 12.8 Å². The van der Waals surface area contributed by atoms with Crippen molar-refractivity contribution in [3.63, 3.8) is 0 Å². The largest absolute Gasteiger partial charge is 0.466 e. The first-order valence-electron chi connectivity index (χ1n) is 5.76. The van der Waals surface area contributed by atoms with Crippen LogP contribution in [0.1, 0.15) is 40.5 Å². The van der Waals surface area contributed by atoms with Gasteiger partial charge in [-0.1, -0.05) is 13.8 Å². The summed E-state index contributed by atoms with van der Waals surface area (Å²) in [6.07, 6.45) is 2.38. The summed E-state index contributed by atoms with van der Waals surface area (Å²) < 4.78 is 10.8. The average molecular weight is 212 g/mol. The first-order chi connectivity index (χ1) is 6.92. The van der Waals surface area contributed by atoms with E-state index in [1.807, 2.05) is 13.8 Å². The third kappa shape index (κ3) is 1.57. The number of fused-ring (bicyclic) bond motifs is 1. The molecule has 0 aromatic carbocycles. The predicted molar refractivity (Wildman–Crippen MR) is 56.4 cm³/mol. The van der Waals surface area contributed by atoms with Crippen molar-refractivity contribution in [1.82, 2.24) is 0 Å². The van der Waals surface area contributed by atoms with Gasteiger partial charge in [0, 0.05) is 0 Å². The van der Waals surface area contributed by atoms with Gasteiger partial charge in [-0.2, -0.15) is 0 Å². The number of epoxide rings is 1. The Morgan fingerprint density at radius 1 is 1.47 bits per heavy atom. The minimum atomic E-state index is -0.256. The van der Waals surface area contributed by atoms with Crippen LogP contribution in [-0.4, -0.2) is 24.3 Å². The minimum absolute atomic E-state index is 0.00595. The summed E-state index contributed by atoms with van der Waals surface area (Å²) in [5.41, 5.74) is -0.262. The molecule has 2 aliphatic rings. The van der Waals surface area contributed by atoms with Gasteiger partial charge in [-0.3, -0.25) is 4.79 Å². The van der Waals surface area contributed by atoms with Crippen molar-refractivity contribution < 1.29 is 14.3 Å². The van der Waals surface area contributed by atoms with Crippen LogP contribution in [-0.2, 0) is 14.3 Å². The molecule has 0 unspecified atom stereocenters. The van der Waals surface area contributed by atoms with Crippen molar-refractivity contribution in [3.05, 3.63) is 0 Å². The fourth-order valence-corrected chi connectivity index (χ4v) is 3.07. The van der Waals surface area contributed by atoms with Crippen molar-refractivity contribution in [2.24, 2.45) is 11.3 Å². The van der Waals surface area contributed by atoms with E-state index in [1.165, 1.54) is 0 Å². The Morgan fingerprint density at radius 2 is 2.13 bits per heavy atom. The topological polar surface area (TPSA) is 38.8 Å². The van der Waals surface area contributed by atoms with Crippen LogP contribution in [0.15, 0.2) is 0 Å². The highest BCUT2D eigenvalue weighted by Gasteiger charge is 2.67. The monoisotopic (exact) mass is 212 g/mol. The lowest BCUT2D eigenvalue weighted by molar-refractivity contribution is -0.156. The summed E-state index contributed by atoms with van der Waals surface area (Å²) in [5, 5.41) is 0. The van der Waals surface area contributed by atoms with Gasteiger partial charge in [-0.25, -0.2) is 0 Å². The Hall–Kier alpha value is -0.570. The third-order valence-electron chi connectivity index (χ3n) is 3.91. The average Bonchev–Trinajstić information content (AvgIpc) is 2.74. The van der Waals surface area contributed by atoms with Crippen LogP contribution in [0.2, 0.25) is 0 Å². The molecule has 0 aromatic heterocycles. The van der Waals surface area contributed by atoms with E-state index in [2.05, 4.69) is 13.8 Å². The van der Waals surface area contributed by atoms with E-state index in [-0.39, 0.29) is 29.0 Å². The molecule has 1 aliphatic carbocycles. The van der Waals surface area contributed by atoms with Gasteiger partial charge in [-0.15, -0.1) is 0 Å². The van der Waals surface area contributed by atoms with E-state index in [4.69, 9.17) is 9.47 Å². The highest BCUT2D eigenvalue weighted by Crippen LogP contribution is 2.58. The molecule has 3 heteroatoms. The zero-order valence-electron chi connectivity index (χ0n) is 10.0. The molecule has 0 N–H and O–H groups in total. The Kier molecular flexibility index (Phi) is 2.34. The minimum Gasteiger partial charge on any atom is -0.466 e. The van der Waals surface area contributed by atoms with E-state index in [1.54, 1.807) is 0 Å². The van der Waals surface area contributed by atoms with Gasteiger partial charge >= 0.3 is 5.97 Å². The van der Waals surface area contributed by atoms with Crippen molar-refractivity contribution >= 4 is 5.97 Å². The van der Waals surface area contributed by atoms with Crippen LogP contribution in [0, 0.1) is 11.3 Å². The molecular weight excluding hydrogens is 192 g/mol. The Labute approximate surface area is 91.1 Å². The first kappa shape index (κ1) is 10.9.